The van der Waals surface area contributed by atoms with Crippen LogP contribution in [0.5, 0.6) is 0 Å². The second-order valence-electron chi connectivity index (χ2n) is 8.85. The lowest BCUT2D eigenvalue weighted by Gasteiger charge is -2.19. The molecule has 3 aromatic rings. The number of nitrogens with one attached hydrogen (secondary N) is 1. The summed E-state index contributed by atoms with van der Waals surface area (Å²) in [6.07, 6.45) is -0.0699. The normalized spacial score (nSPS) is 15.8. The summed E-state index contributed by atoms with van der Waals surface area (Å²) in [5.74, 6) is -1.55. The van der Waals surface area contributed by atoms with Gasteiger partial charge in [-0.05, 0) is 73.9 Å². The van der Waals surface area contributed by atoms with E-state index in [2.05, 4.69) is 21.2 Å². The van der Waals surface area contributed by atoms with Gasteiger partial charge in [0, 0.05) is 28.7 Å². The summed E-state index contributed by atoms with van der Waals surface area (Å²) in [6, 6.07) is 12.9. The van der Waals surface area contributed by atoms with Crippen molar-refractivity contribution in [1.29, 1.82) is 0 Å². The average molecular weight is 548 g/mol. The molecular weight excluding hydrogens is 524 g/mol. The number of rotatable bonds is 5. The molecule has 1 N–H and O–H groups in total. The van der Waals surface area contributed by atoms with Gasteiger partial charge in [0.2, 0.25) is 10.0 Å². The standard InChI is InChI=1S/C26H23F4N4O3S/c1-34(38(2,36)37)20-9-6-17(7-10-20)25(35)31-15-16-4-3-5-19(12-16)32-23-14-24(26(28,29)30)33-22-11-8-18(27)13-21(22)23/h6-14,16H,3-5H2,1-2H3,(H,32,33)/q+1. The van der Waals surface area contributed by atoms with Crippen LogP contribution in [0.2, 0.25) is 0 Å². The monoisotopic (exact) mass is 547 g/mol. The van der Waals surface area contributed by atoms with Crippen LogP contribution >= 0.6 is 0 Å². The maximum Gasteiger partial charge on any atom is 0.547 e. The van der Waals surface area contributed by atoms with Gasteiger partial charge in [0.05, 0.1) is 17.5 Å². The number of carbonyl (C=O) groups is 1. The smallest absolute Gasteiger partial charge is 0.359 e. The largest absolute Gasteiger partial charge is 0.547 e. The van der Waals surface area contributed by atoms with Crippen molar-refractivity contribution < 1.29 is 30.8 Å². The summed E-state index contributed by atoms with van der Waals surface area (Å²) < 4.78 is 78.4. The average Bonchev–Trinajstić information content (AvgIpc) is 2.86. The SMILES string of the molecule is CN(c1ccc(C(=O)[N+]#CC2C=C(Nc3cc(C(F)(F)F)nc4ccc(F)cc34)CCC2)cc1)S(C)(=O)=O. The Bertz CT molecular complexity index is 1590. The molecule has 38 heavy (non-hydrogen) atoms. The number of hydrogen-bond acceptors (Lipinski definition) is 5. The Balaban J connectivity index is 1.55. The number of carbonyl (C=O) groups excluding carboxylic acids is 1. The molecule has 2 aromatic carbocycles. The van der Waals surface area contributed by atoms with E-state index in [4.69, 9.17) is 0 Å². The third-order valence-corrected chi connectivity index (χ3v) is 7.23. The Labute approximate surface area is 216 Å². The summed E-state index contributed by atoms with van der Waals surface area (Å²) >= 11 is 0. The topological polar surface area (TPSA) is 83.7 Å². The lowest BCUT2D eigenvalue weighted by atomic mass is 9.94. The summed E-state index contributed by atoms with van der Waals surface area (Å²) in [7, 11) is -2.05. The minimum Gasteiger partial charge on any atom is -0.359 e. The number of halogens is 4. The van der Waals surface area contributed by atoms with Gasteiger partial charge in [0.15, 0.2) is 0 Å². The van der Waals surface area contributed by atoms with Crippen molar-refractivity contribution in [2.75, 3.05) is 22.9 Å². The maximum absolute atomic E-state index is 13.8. The number of benzene rings is 2. The fraction of sp³-hybridized carbons (Fsp3) is 0.269. The Hall–Kier alpha value is -3.98. The van der Waals surface area contributed by atoms with Crippen LogP contribution in [0, 0.1) is 17.8 Å². The number of nitrogens with zero attached hydrogens (tertiary/aromatic N) is 3. The molecule has 0 bridgehead atoms. The molecule has 0 saturated heterocycles. The van der Waals surface area contributed by atoms with Gasteiger partial charge >= 0.3 is 12.1 Å². The van der Waals surface area contributed by atoms with E-state index in [9.17, 15) is 30.8 Å². The number of hydrogen-bond donors (Lipinski definition) is 1. The van der Waals surface area contributed by atoms with Crippen molar-refractivity contribution in [3.05, 3.63) is 82.2 Å². The highest BCUT2D eigenvalue weighted by Gasteiger charge is 2.33. The predicted octanol–water partition coefficient (Wildman–Crippen LogP) is 6.06. The molecule has 1 aliphatic carbocycles. The van der Waals surface area contributed by atoms with Gasteiger partial charge < -0.3 is 5.32 Å². The zero-order valence-corrected chi connectivity index (χ0v) is 21.2. The number of allylic oxidation sites excluding steroid dienone is 2. The second kappa shape index (κ2) is 10.4. The van der Waals surface area contributed by atoms with E-state index in [1.807, 2.05) is 0 Å². The molecule has 1 aromatic heterocycles. The van der Waals surface area contributed by atoms with Gasteiger partial charge in [0.1, 0.15) is 23.0 Å². The molecule has 1 aliphatic rings. The fourth-order valence-electron chi connectivity index (χ4n) is 3.96. The van der Waals surface area contributed by atoms with Crippen LogP contribution < -0.4 is 9.62 Å². The lowest BCUT2D eigenvalue weighted by molar-refractivity contribution is -0.140. The van der Waals surface area contributed by atoms with Crippen LogP contribution in [0.3, 0.4) is 0 Å². The number of fused-ring (bicyclic) bond motifs is 1. The van der Waals surface area contributed by atoms with Crippen LogP contribution in [0.4, 0.5) is 28.9 Å². The fourth-order valence-corrected chi connectivity index (χ4v) is 4.46. The van der Waals surface area contributed by atoms with E-state index in [-0.39, 0.29) is 28.1 Å². The van der Waals surface area contributed by atoms with Gasteiger partial charge in [-0.1, -0.05) is 0 Å². The van der Waals surface area contributed by atoms with E-state index in [0.717, 1.165) is 28.8 Å². The van der Waals surface area contributed by atoms with Crippen LogP contribution in [0.25, 0.3) is 15.7 Å². The maximum atomic E-state index is 13.8. The van der Waals surface area contributed by atoms with Crippen LogP contribution in [0.15, 0.2) is 60.3 Å². The molecule has 4 rings (SSSR count). The highest BCUT2D eigenvalue weighted by Crippen LogP contribution is 2.35. The number of pyridine rings is 1. The Morgan fingerprint density at radius 2 is 1.87 bits per heavy atom. The van der Waals surface area contributed by atoms with Crippen molar-refractivity contribution in [2.24, 2.45) is 5.92 Å². The molecule has 0 aliphatic heterocycles. The minimum atomic E-state index is -4.68. The first-order valence-corrected chi connectivity index (χ1v) is 13.4. The minimum absolute atomic E-state index is 0.00385. The molecule has 7 nitrogen and oxygen atoms in total. The van der Waals surface area contributed by atoms with E-state index < -0.39 is 33.6 Å². The molecule has 198 valence electrons. The first-order valence-electron chi connectivity index (χ1n) is 11.5. The van der Waals surface area contributed by atoms with Gasteiger partial charge in [-0.15, -0.1) is 0 Å². The van der Waals surface area contributed by atoms with Gasteiger partial charge in [-0.25, -0.2) is 17.8 Å². The summed E-state index contributed by atoms with van der Waals surface area (Å²) in [5.41, 5.74) is 0.199. The van der Waals surface area contributed by atoms with E-state index >= 15 is 0 Å². The lowest BCUT2D eigenvalue weighted by Crippen LogP contribution is -2.24. The Morgan fingerprint density at radius 1 is 1.16 bits per heavy atom. The van der Waals surface area contributed by atoms with Crippen molar-refractivity contribution in [3.8, 4) is 6.07 Å². The van der Waals surface area contributed by atoms with Crippen molar-refractivity contribution >= 4 is 38.2 Å². The molecule has 1 amide bonds. The van der Waals surface area contributed by atoms with Gasteiger partial charge in [-0.3, -0.25) is 4.31 Å². The number of alkyl halides is 3. The van der Waals surface area contributed by atoms with E-state index in [1.54, 1.807) is 6.08 Å². The molecule has 0 radical (unpaired) electrons. The van der Waals surface area contributed by atoms with Crippen molar-refractivity contribution in [1.82, 2.24) is 4.98 Å². The quantitative estimate of drug-likeness (QED) is 0.393. The number of aromatic nitrogens is 1. The molecule has 1 unspecified atom stereocenters. The second-order valence-corrected chi connectivity index (χ2v) is 10.9. The third kappa shape index (κ3) is 6.28. The van der Waals surface area contributed by atoms with Crippen LogP contribution in [-0.4, -0.2) is 32.6 Å². The Kier molecular flexibility index (Phi) is 7.42. The molecule has 1 heterocycles. The van der Waals surface area contributed by atoms with Crippen LogP contribution in [0.1, 0.15) is 35.3 Å². The number of anilines is 2. The zero-order chi connectivity index (χ0) is 27.7. The predicted molar refractivity (Wildman–Crippen MR) is 137 cm³/mol. The molecule has 1 atom stereocenters. The highest BCUT2D eigenvalue weighted by molar-refractivity contribution is 7.92. The van der Waals surface area contributed by atoms with Crippen molar-refractivity contribution in [2.45, 2.75) is 25.4 Å². The molecule has 12 heteroatoms. The Morgan fingerprint density at radius 3 is 2.53 bits per heavy atom. The molecule has 0 fully saturated rings. The van der Waals surface area contributed by atoms with Gasteiger partial charge in [-0.2, -0.15) is 18.0 Å². The van der Waals surface area contributed by atoms with E-state index in [1.165, 1.54) is 37.4 Å². The number of sulfonamides is 1. The third-order valence-electron chi connectivity index (χ3n) is 6.03. The van der Waals surface area contributed by atoms with Crippen molar-refractivity contribution in [3.63, 3.8) is 0 Å². The first-order chi connectivity index (χ1) is 17.8. The van der Waals surface area contributed by atoms with Crippen LogP contribution in [-0.2, 0) is 16.2 Å². The summed E-state index contributed by atoms with van der Waals surface area (Å²) in [6.45, 7) is 0. The van der Waals surface area contributed by atoms with Gasteiger partial charge in [0.25, 0.3) is 6.07 Å². The summed E-state index contributed by atoms with van der Waals surface area (Å²) in [4.78, 5) is 20.0. The zero-order valence-electron chi connectivity index (χ0n) is 20.4. The highest BCUT2D eigenvalue weighted by atomic mass is 32.2. The number of amides is 1. The molecular formula is C26H23F4N4O3S+. The summed E-state index contributed by atoms with van der Waals surface area (Å²) in [5, 5.41) is 3.18. The van der Waals surface area contributed by atoms with E-state index in [0.29, 0.717) is 30.6 Å². The molecule has 0 spiro atoms. The molecule has 0 saturated carbocycles. The first kappa shape index (κ1) is 27.1.